The second-order valence-electron chi connectivity index (χ2n) is 6.12. The highest BCUT2D eigenvalue weighted by atomic mass is 16.5. The van der Waals surface area contributed by atoms with Gasteiger partial charge in [-0.15, -0.1) is 0 Å². The Hall–Kier alpha value is -3.00. The lowest BCUT2D eigenvalue weighted by Crippen LogP contribution is -2.50. The largest absolute Gasteiger partial charge is 0.452 e. The van der Waals surface area contributed by atoms with Crippen molar-refractivity contribution in [2.45, 2.75) is 6.61 Å². The van der Waals surface area contributed by atoms with Crippen LogP contribution in [0.3, 0.4) is 0 Å². The number of rotatable bonds is 6. The minimum absolute atomic E-state index is 0.201. The van der Waals surface area contributed by atoms with Gasteiger partial charge in [-0.2, -0.15) is 0 Å². The van der Waals surface area contributed by atoms with Gasteiger partial charge >= 0.3 is 5.97 Å². The SMILES string of the molecule is COCc1ccc(C(=O)OCC(=O)N2CCN(c3ncccn3)CC2)cc1. The fraction of sp³-hybridized carbons (Fsp3) is 0.368. The molecule has 0 radical (unpaired) electrons. The Labute approximate surface area is 157 Å². The predicted octanol–water partition coefficient (Wildman–Crippen LogP) is 1.13. The van der Waals surface area contributed by atoms with E-state index < -0.39 is 5.97 Å². The summed E-state index contributed by atoms with van der Waals surface area (Å²) in [5.74, 6) is -0.0513. The molecule has 2 aromatic rings. The number of esters is 1. The first-order valence-electron chi connectivity index (χ1n) is 8.72. The van der Waals surface area contributed by atoms with E-state index in [2.05, 4.69) is 9.97 Å². The van der Waals surface area contributed by atoms with Crippen LogP contribution in [0.4, 0.5) is 5.95 Å². The number of benzene rings is 1. The molecule has 0 aliphatic carbocycles. The molecule has 0 atom stereocenters. The Morgan fingerprint density at radius 2 is 1.70 bits per heavy atom. The fourth-order valence-corrected chi connectivity index (χ4v) is 2.82. The van der Waals surface area contributed by atoms with E-state index in [1.165, 1.54) is 0 Å². The Kier molecular flexibility index (Phi) is 6.32. The molecule has 1 fully saturated rings. The smallest absolute Gasteiger partial charge is 0.338 e. The van der Waals surface area contributed by atoms with Crippen LogP contribution < -0.4 is 4.90 Å². The van der Waals surface area contributed by atoms with Gasteiger partial charge in [-0.05, 0) is 23.8 Å². The average Bonchev–Trinajstić information content (AvgIpc) is 2.73. The highest BCUT2D eigenvalue weighted by Gasteiger charge is 2.23. The first kappa shape index (κ1) is 18.8. The van der Waals surface area contributed by atoms with Crippen molar-refractivity contribution in [1.82, 2.24) is 14.9 Å². The van der Waals surface area contributed by atoms with Gasteiger partial charge < -0.3 is 19.3 Å². The lowest BCUT2D eigenvalue weighted by Gasteiger charge is -2.34. The summed E-state index contributed by atoms with van der Waals surface area (Å²) in [5.41, 5.74) is 1.37. The molecule has 2 heterocycles. The van der Waals surface area contributed by atoms with Gasteiger partial charge in [-0.1, -0.05) is 12.1 Å². The van der Waals surface area contributed by atoms with Gasteiger partial charge in [-0.25, -0.2) is 14.8 Å². The van der Waals surface area contributed by atoms with Gasteiger partial charge in [0.15, 0.2) is 6.61 Å². The van der Waals surface area contributed by atoms with Crippen molar-refractivity contribution in [3.8, 4) is 0 Å². The summed E-state index contributed by atoms with van der Waals surface area (Å²) in [5, 5.41) is 0. The maximum absolute atomic E-state index is 12.3. The van der Waals surface area contributed by atoms with E-state index >= 15 is 0 Å². The predicted molar refractivity (Wildman–Crippen MR) is 98.3 cm³/mol. The first-order valence-corrected chi connectivity index (χ1v) is 8.72. The van der Waals surface area contributed by atoms with Crippen LogP contribution in [0.1, 0.15) is 15.9 Å². The van der Waals surface area contributed by atoms with E-state index in [4.69, 9.17) is 9.47 Å². The van der Waals surface area contributed by atoms with Gasteiger partial charge in [0.05, 0.1) is 12.2 Å². The lowest BCUT2D eigenvalue weighted by molar-refractivity contribution is -0.134. The van der Waals surface area contributed by atoms with E-state index in [1.54, 1.807) is 54.7 Å². The molecule has 1 aliphatic heterocycles. The van der Waals surface area contributed by atoms with E-state index in [9.17, 15) is 9.59 Å². The van der Waals surface area contributed by atoms with Crippen LogP contribution in [-0.4, -0.2) is 66.6 Å². The molecule has 142 valence electrons. The van der Waals surface area contributed by atoms with Crippen molar-refractivity contribution in [2.75, 3.05) is 44.8 Å². The second-order valence-corrected chi connectivity index (χ2v) is 6.12. The first-order chi connectivity index (χ1) is 13.2. The number of methoxy groups -OCH3 is 1. The molecule has 1 aliphatic rings. The third kappa shape index (κ3) is 5.01. The van der Waals surface area contributed by atoms with Crippen LogP contribution in [0.5, 0.6) is 0 Å². The number of hydrogen-bond donors (Lipinski definition) is 0. The monoisotopic (exact) mass is 370 g/mol. The molecule has 1 aromatic heterocycles. The van der Waals surface area contributed by atoms with Gasteiger partial charge in [0.1, 0.15) is 0 Å². The summed E-state index contributed by atoms with van der Waals surface area (Å²) in [6.45, 7) is 2.59. The quantitative estimate of drug-likeness (QED) is 0.705. The molecule has 1 saturated heterocycles. The van der Waals surface area contributed by atoms with E-state index in [0.29, 0.717) is 44.3 Å². The highest BCUT2D eigenvalue weighted by Crippen LogP contribution is 2.11. The molecule has 1 aromatic carbocycles. The molecule has 0 saturated carbocycles. The molecule has 0 unspecified atom stereocenters. The fourth-order valence-electron chi connectivity index (χ4n) is 2.82. The van der Waals surface area contributed by atoms with Crippen molar-refractivity contribution in [2.24, 2.45) is 0 Å². The number of anilines is 1. The van der Waals surface area contributed by atoms with E-state index in [1.807, 2.05) is 4.90 Å². The van der Waals surface area contributed by atoms with Crippen molar-refractivity contribution in [3.05, 3.63) is 53.9 Å². The lowest BCUT2D eigenvalue weighted by atomic mass is 10.1. The summed E-state index contributed by atoms with van der Waals surface area (Å²) in [7, 11) is 1.61. The van der Waals surface area contributed by atoms with Crippen LogP contribution >= 0.6 is 0 Å². The van der Waals surface area contributed by atoms with Gasteiger partial charge in [0, 0.05) is 45.7 Å². The third-order valence-electron chi connectivity index (χ3n) is 4.29. The Morgan fingerprint density at radius 1 is 1.04 bits per heavy atom. The van der Waals surface area contributed by atoms with Gasteiger partial charge in [-0.3, -0.25) is 4.79 Å². The maximum atomic E-state index is 12.3. The molecule has 0 bridgehead atoms. The number of carbonyl (C=O) groups excluding carboxylic acids is 2. The van der Waals surface area contributed by atoms with Crippen molar-refractivity contribution < 1.29 is 19.1 Å². The Balaban J connectivity index is 1.45. The molecule has 3 rings (SSSR count). The number of aromatic nitrogens is 2. The average molecular weight is 370 g/mol. The molecule has 27 heavy (non-hydrogen) atoms. The molecule has 8 heteroatoms. The maximum Gasteiger partial charge on any atom is 0.338 e. The van der Waals surface area contributed by atoms with Crippen LogP contribution in [-0.2, 0) is 20.9 Å². The molecule has 1 amide bonds. The van der Waals surface area contributed by atoms with Crippen LogP contribution in [0.15, 0.2) is 42.7 Å². The van der Waals surface area contributed by atoms with Crippen LogP contribution in [0.2, 0.25) is 0 Å². The molecule has 8 nitrogen and oxygen atoms in total. The molecular formula is C19H22N4O4. The summed E-state index contributed by atoms with van der Waals surface area (Å²) in [6, 6.07) is 8.70. The molecule has 0 N–H and O–H groups in total. The van der Waals surface area contributed by atoms with Crippen molar-refractivity contribution >= 4 is 17.8 Å². The van der Waals surface area contributed by atoms with Gasteiger partial charge in [0.25, 0.3) is 5.91 Å². The standard InChI is InChI=1S/C19H22N4O4/c1-26-13-15-3-5-16(6-4-15)18(25)27-14-17(24)22-9-11-23(12-10-22)19-20-7-2-8-21-19/h2-8H,9-14H2,1H3. The number of ether oxygens (including phenoxy) is 2. The van der Waals surface area contributed by atoms with Crippen LogP contribution in [0, 0.1) is 0 Å². The number of amides is 1. The van der Waals surface area contributed by atoms with Crippen molar-refractivity contribution in [1.29, 1.82) is 0 Å². The van der Waals surface area contributed by atoms with E-state index in [0.717, 1.165) is 5.56 Å². The minimum atomic E-state index is -0.511. The summed E-state index contributed by atoms with van der Waals surface area (Å²) in [4.78, 5) is 36.5. The minimum Gasteiger partial charge on any atom is -0.452 e. The topological polar surface area (TPSA) is 84.9 Å². The second kappa shape index (κ2) is 9.09. The van der Waals surface area contributed by atoms with E-state index in [-0.39, 0.29) is 12.5 Å². The van der Waals surface area contributed by atoms with Gasteiger partial charge in [0.2, 0.25) is 5.95 Å². The Bertz CT molecular complexity index is 759. The normalized spacial score (nSPS) is 14.1. The molecule has 0 spiro atoms. The zero-order valence-corrected chi connectivity index (χ0v) is 15.2. The number of hydrogen-bond acceptors (Lipinski definition) is 7. The van der Waals surface area contributed by atoms with Crippen molar-refractivity contribution in [3.63, 3.8) is 0 Å². The third-order valence-corrected chi connectivity index (χ3v) is 4.29. The zero-order chi connectivity index (χ0) is 19.1. The summed E-state index contributed by atoms with van der Waals surface area (Å²) >= 11 is 0. The number of carbonyl (C=O) groups is 2. The highest BCUT2D eigenvalue weighted by molar-refractivity contribution is 5.91. The summed E-state index contributed by atoms with van der Waals surface area (Å²) < 4.78 is 10.2. The molecular weight excluding hydrogens is 348 g/mol. The zero-order valence-electron chi connectivity index (χ0n) is 15.2. The summed E-state index contributed by atoms with van der Waals surface area (Å²) in [6.07, 6.45) is 3.39. The number of nitrogens with zero attached hydrogens (tertiary/aromatic N) is 4. The number of piperazine rings is 1. The van der Waals surface area contributed by atoms with Crippen LogP contribution in [0.25, 0.3) is 0 Å². The Morgan fingerprint density at radius 3 is 2.33 bits per heavy atom.